The van der Waals surface area contributed by atoms with Crippen LogP contribution >= 0.6 is 11.9 Å². The predicted octanol–water partition coefficient (Wildman–Crippen LogP) is 10.9. The third-order valence-electron chi connectivity index (χ3n) is 8.52. The second-order valence-corrected chi connectivity index (χ2v) is 14.8. The zero-order valence-corrected chi connectivity index (χ0v) is 29.4. The molecule has 242 valence electrons. The summed E-state index contributed by atoms with van der Waals surface area (Å²) in [5.41, 5.74) is 5.77. The van der Waals surface area contributed by atoms with Crippen LogP contribution in [0.1, 0.15) is 37.5 Å². The summed E-state index contributed by atoms with van der Waals surface area (Å²) in [5, 5.41) is 19.1. The van der Waals surface area contributed by atoms with E-state index in [0.717, 1.165) is 36.2 Å². The summed E-state index contributed by atoms with van der Waals surface area (Å²) in [6, 6.07) is 44.7. The van der Waals surface area contributed by atoms with Crippen LogP contribution in [0.2, 0.25) is 0 Å². The number of hydrogen-bond donors (Lipinski definition) is 2. The Bertz CT molecular complexity index is 1910. The van der Waals surface area contributed by atoms with Crippen molar-refractivity contribution >= 4 is 33.5 Å². The molecule has 0 amide bonds. The van der Waals surface area contributed by atoms with E-state index in [2.05, 4.69) is 160 Å². The highest BCUT2D eigenvalue weighted by Crippen LogP contribution is 2.29. The van der Waals surface area contributed by atoms with Crippen LogP contribution in [0.5, 0.6) is 5.75 Å². The molecule has 6 aromatic rings. The topological polar surface area (TPSA) is 35.5 Å². The number of rotatable bonds is 10. The maximum Gasteiger partial charge on any atom is 0.119 e. The molecule has 0 saturated heterocycles. The molecule has 1 atom stereocenters. The molecule has 4 heteroatoms. The van der Waals surface area contributed by atoms with Gasteiger partial charge in [-0.15, -0.1) is 0 Å². The molecule has 0 aliphatic rings. The second-order valence-electron chi connectivity index (χ2n) is 13.5. The molecule has 2 N–H and O–H groups in total. The third-order valence-corrected chi connectivity index (χ3v) is 9.46. The summed E-state index contributed by atoms with van der Waals surface area (Å²) in [7, 11) is 2.16. The molecule has 3 nitrogen and oxygen atoms in total. The highest BCUT2D eigenvalue weighted by molar-refractivity contribution is 7.97. The van der Waals surface area contributed by atoms with Crippen molar-refractivity contribution in [1.82, 2.24) is 9.62 Å². The van der Waals surface area contributed by atoms with Crippen LogP contribution < -0.4 is 5.32 Å². The van der Waals surface area contributed by atoms with Gasteiger partial charge in [-0.2, -0.15) is 0 Å². The van der Waals surface area contributed by atoms with Gasteiger partial charge in [0.05, 0.1) is 0 Å². The van der Waals surface area contributed by atoms with Crippen molar-refractivity contribution in [2.24, 2.45) is 5.92 Å². The van der Waals surface area contributed by atoms with Crippen molar-refractivity contribution in [3.05, 3.63) is 144 Å². The molecule has 6 aromatic carbocycles. The molecule has 0 fully saturated rings. The summed E-state index contributed by atoms with van der Waals surface area (Å²) in [6.45, 7) is 12.9. The molecule has 6 rings (SSSR count). The van der Waals surface area contributed by atoms with Crippen molar-refractivity contribution in [2.45, 2.75) is 51.5 Å². The van der Waals surface area contributed by atoms with Gasteiger partial charge in [-0.25, -0.2) is 4.31 Å². The molecular formula is C43H48N2OS. The molecule has 0 spiro atoms. The van der Waals surface area contributed by atoms with Gasteiger partial charge in [0.2, 0.25) is 0 Å². The lowest BCUT2D eigenvalue weighted by Gasteiger charge is -2.29. The lowest BCUT2D eigenvalue weighted by atomic mass is 9.93. The minimum Gasteiger partial charge on any atom is -0.508 e. The first kappa shape index (κ1) is 34.3. The van der Waals surface area contributed by atoms with Gasteiger partial charge < -0.3 is 10.4 Å². The fourth-order valence-corrected chi connectivity index (χ4v) is 6.85. The number of hydrogen-bond acceptors (Lipinski definition) is 4. The highest BCUT2D eigenvalue weighted by atomic mass is 32.2. The van der Waals surface area contributed by atoms with E-state index in [9.17, 15) is 5.11 Å². The van der Waals surface area contributed by atoms with Crippen LogP contribution in [0.25, 0.3) is 32.7 Å². The molecule has 0 heterocycles. The summed E-state index contributed by atoms with van der Waals surface area (Å²) < 4.78 is 2.31. The number of phenolic OH excluding ortho intramolecular Hbond substituents is 1. The number of aromatic hydroxyl groups is 1. The number of nitrogens with one attached hydrogen (secondary N) is 1. The van der Waals surface area contributed by atoms with Gasteiger partial charge in [-0.05, 0) is 128 Å². The normalized spacial score (nSPS) is 12.2. The highest BCUT2D eigenvalue weighted by Gasteiger charge is 2.19. The molecule has 0 aromatic heterocycles. The van der Waals surface area contributed by atoms with E-state index in [0.29, 0.717) is 11.7 Å². The molecule has 1 unspecified atom stereocenters. The molecule has 0 saturated carbocycles. The van der Waals surface area contributed by atoms with Crippen LogP contribution in [0.4, 0.5) is 0 Å². The molecule has 0 aliphatic heterocycles. The Morgan fingerprint density at radius 2 is 1.30 bits per heavy atom. The van der Waals surface area contributed by atoms with Crippen LogP contribution in [-0.4, -0.2) is 35.1 Å². The minimum absolute atomic E-state index is 0.0304. The van der Waals surface area contributed by atoms with Crippen molar-refractivity contribution in [1.29, 1.82) is 0 Å². The van der Waals surface area contributed by atoms with E-state index in [1.807, 2.05) is 19.1 Å². The van der Waals surface area contributed by atoms with Crippen LogP contribution in [0, 0.1) is 19.8 Å². The monoisotopic (exact) mass is 640 g/mol. The first-order valence-corrected chi connectivity index (χ1v) is 17.3. The fraction of sp³-hybridized carbons (Fsp3) is 0.256. The van der Waals surface area contributed by atoms with Gasteiger partial charge in [0.25, 0.3) is 0 Å². The first-order chi connectivity index (χ1) is 22.5. The summed E-state index contributed by atoms with van der Waals surface area (Å²) >= 11 is 1.77. The Hall–Kier alpha value is -4.09. The van der Waals surface area contributed by atoms with Gasteiger partial charge >= 0.3 is 0 Å². The standard InChI is InChI=1S/C32H38N2OS.C11H10/c1-23(21-33-32(3,4)20-25-11-13-26-8-6-7-9-28(26)18-25)22-34(5)36-30-16-14-27(15-17-30)29-12-10-24(2)31(35)19-29;1-9-6-7-10-4-2-3-5-11(10)8-9/h6-19,23,33,35H,20-22H2,1-5H3;2-8H,1H3. The molecular weight excluding hydrogens is 593 g/mol. The largest absolute Gasteiger partial charge is 0.508 e. The van der Waals surface area contributed by atoms with Crippen molar-refractivity contribution in [3.8, 4) is 16.9 Å². The molecule has 0 radical (unpaired) electrons. The van der Waals surface area contributed by atoms with Gasteiger partial charge in [0, 0.05) is 17.0 Å². The summed E-state index contributed by atoms with van der Waals surface area (Å²) in [4.78, 5) is 1.22. The van der Waals surface area contributed by atoms with E-state index in [-0.39, 0.29) is 5.54 Å². The zero-order chi connectivity index (χ0) is 33.4. The molecule has 0 bridgehead atoms. The van der Waals surface area contributed by atoms with Crippen LogP contribution in [-0.2, 0) is 6.42 Å². The Balaban J connectivity index is 0.000000330. The van der Waals surface area contributed by atoms with Gasteiger partial charge in [0.1, 0.15) is 5.75 Å². The van der Waals surface area contributed by atoms with E-state index in [1.54, 1.807) is 11.9 Å². The van der Waals surface area contributed by atoms with Crippen molar-refractivity contribution in [2.75, 3.05) is 20.1 Å². The van der Waals surface area contributed by atoms with Gasteiger partial charge in [0.15, 0.2) is 0 Å². The first-order valence-electron chi connectivity index (χ1n) is 16.5. The Kier molecular flexibility index (Phi) is 11.4. The van der Waals surface area contributed by atoms with E-state index in [1.165, 1.54) is 37.6 Å². The van der Waals surface area contributed by atoms with Gasteiger partial charge in [-0.3, -0.25) is 0 Å². The van der Waals surface area contributed by atoms with E-state index >= 15 is 0 Å². The Morgan fingerprint density at radius 1 is 0.702 bits per heavy atom. The average Bonchev–Trinajstić information content (AvgIpc) is 3.05. The van der Waals surface area contributed by atoms with Gasteiger partial charge in [-0.1, -0.05) is 122 Å². The number of benzene rings is 6. The predicted molar refractivity (Wildman–Crippen MR) is 204 cm³/mol. The average molecular weight is 641 g/mol. The van der Waals surface area contributed by atoms with Crippen molar-refractivity contribution < 1.29 is 5.11 Å². The van der Waals surface area contributed by atoms with Crippen molar-refractivity contribution in [3.63, 3.8) is 0 Å². The number of aryl methyl sites for hydroxylation is 2. The number of phenols is 1. The lowest BCUT2D eigenvalue weighted by molar-refractivity contribution is 0.332. The Morgan fingerprint density at radius 3 is 1.96 bits per heavy atom. The fourth-order valence-electron chi connectivity index (χ4n) is 5.90. The second kappa shape index (κ2) is 15.7. The third kappa shape index (κ3) is 9.95. The molecule has 0 aliphatic carbocycles. The smallest absolute Gasteiger partial charge is 0.119 e. The molecule has 47 heavy (non-hydrogen) atoms. The lowest BCUT2D eigenvalue weighted by Crippen LogP contribution is -2.44. The minimum atomic E-state index is 0.0304. The summed E-state index contributed by atoms with van der Waals surface area (Å²) in [6.07, 6.45) is 1.00. The van der Waals surface area contributed by atoms with E-state index < -0.39 is 0 Å². The summed E-state index contributed by atoms with van der Waals surface area (Å²) in [5.74, 6) is 0.863. The SMILES string of the molecule is Cc1ccc(-c2ccc(SN(C)CC(C)CNC(C)(C)Cc3ccc4ccccc4c3)cc2)cc1O.Cc1ccc2ccccc2c1. The van der Waals surface area contributed by atoms with Crippen LogP contribution in [0.3, 0.4) is 0 Å². The maximum absolute atomic E-state index is 10.0. The number of fused-ring (bicyclic) bond motifs is 2. The zero-order valence-electron chi connectivity index (χ0n) is 28.6. The van der Waals surface area contributed by atoms with E-state index in [4.69, 9.17) is 0 Å². The van der Waals surface area contributed by atoms with Crippen LogP contribution in [0.15, 0.2) is 132 Å². The maximum atomic E-state index is 10.0. The Labute approximate surface area is 285 Å². The quantitative estimate of drug-likeness (QED) is 0.146. The number of nitrogens with zero attached hydrogens (tertiary/aromatic N) is 1.